The summed E-state index contributed by atoms with van der Waals surface area (Å²) >= 11 is 6.07. The maximum atomic E-state index is 12.2. The predicted molar refractivity (Wildman–Crippen MR) is 100 cm³/mol. The second-order valence-corrected chi connectivity index (χ2v) is 6.41. The van der Waals surface area contributed by atoms with E-state index >= 15 is 0 Å². The molecule has 0 bridgehead atoms. The van der Waals surface area contributed by atoms with Crippen molar-refractivity contribution in [1.29, 1.82) is 5.26 Å². The minimum absolute atomic E-state index is 0.0133. The zero-order valence-corrected chi connectivity index (χ0v) is 15.2. The van der Waals surface area contributed by atoms with Crippen molar-refractivity contribution in [2.24, 2.45) is 0 Å². The molecule has 0 aliphatic rings. The molecule has 2 aromatic heterocycles. The van der Waals surface area contributed by atoms with Crippen LogP contribution in [0.2, 0.25) is 5.02 Å². The summed E-state index contributed by atoms with van der Waals surface area (Å²) in [7, 11) is 0. The van der Waals surface area contributed by atoms with Gasteiger partial charge in [-0.05, 0) is 31.2 Å². The number of pyridine rings is 1. The summed E-state index contributed by atoms with van der Waals surface area (Å²) in [5.41, 5.74) is 2.08. The van der Waals surface area contributed by atoms with E-state index in [2.05, 4.69) is 15.4 Å². The summed E-state index contributed by atoms with van der Waals surface area (Å²) in [6.45, 7) is 2.30. The number of nitrogens with zero attached hydrogens (tertiary/aromatic N) is 4. The van der Waals surface area contributed by atoms with Gasteiger partial charge in [-0.3, -0.25) is 14.5 Å². The minimum atomic E-state index is -0.371. The Morgan fingerprint density at radius 3 is 2.89 bits per heavy atom. The van der Waals surface area contributed by atoms with Gasteiger partial charge in [0, 0.05) is 30.1 Å². The van der Waals surface area contributed by atoms with E-state index in [9.17, 15) is 9.90 Å². The monoisotopic (exact) mass is 381 g/mol. The van der Waals surface area contributed by atoms with Gasteiger partial charge >= 0.3 is 0 Å². The van der Waals surface area contributed by atoms with Crippen molar-refractivity contribution in [2.75, 3.05) is 0 Å². The Balaban J connectivity index is 1.66. The van der Waals surface area contributed by atoms with Crippen LogP contribution < -0.4 is 5.32 Å². The number of aromatic nitrogens is 3. The quantitative estimate of drug-likeness (QED) is 0.707. The Morgan fingerprint density at radius 2 is 2.19 bits per heavy atom. The molecular formula is C19H16ClN5O2. The van der Waals surface area contributed by atoms with Crippen LogP contribution in [0.25, 0.3) is 11.3 Å². The van der Waals surface area contributed by atoms with Crippen molar-refractivity contribution in [1.82, 2.24) is 20.1 Å². The predicted octanol–water partition coefficient (Wildman–Crippen LogP) is 2.99. The van der Waals surface area contributed by atoms with Crippen molar-refractivity contribution in [3.63, 3.8) is 0 Å². The fraction of sp³-hybridized carbons (Fsp3) is 0.158. The zero-order valence-electron chi connectivity index (χ0n) is 14.4. The Labute approximate surface area is 160 Å². The smallest absolute Gasteiger partial charge is 0.270 e. The maximum absolute atomic E-state index is 12.2. The molecule has 1 unspecified atom stereocenters. The third kappa shape index (κ3) is 4.43. The van der Waals surface area contributed by atoms with Gasteiger partial charge in [-0.1, -0.05) is 17.7 Å². The van der Waals surface area contributed by atoms with Crippen LogP contribution in [0.1, 0.15) is 23.0 Å². The van der Waals surface area contributed by atoms with Crippen LogP contribution in [0.15, 0.2) is 48.8 Å². The molecule has 1 aromatic carbocycles. The first-order valence-electron chi connectivity index (χ1n) is 8.15. The highest BCUT2D eigenvalue weighted by Gasteiger charge is 2.13. The molecule has 0 saturated heterocycles. The number of nitrogens with one attached hydrogen (secondary N) is 1. The Kier molecular flexibility index (Phi) is 5.38. The number of nitriles is 1. The summed E-state index contributed by atoms with van der Waals surface area (Å²) in [5.74, 6) is -0.384. The topological polar surface area (TPSA) is 104 Å². The van der Waals surface area contributed by atoms with Crippen LogP contribution >= 0.6 is 11.6 Å². The highest BCUT2D eigenvalue weighted by atomic mass is 35.5. The van der Waals surface area contributed by atoms with Gasteiger partial charge in [0.05, 0.1) is 22.8 Å². The van der Waals surface area contributed by atoms with Crippen LogP contribution in [0.4, 0.5) is 0 Å². The molecule has 0 aliphatic heterocycles. The maximum Gasteiger partial charge on any atom is 0.270 e. The van der Waals surface area contributed by atoms with Crippen LogP contribution in [-0.2, 0) is 6.54 Å². The molecule has 3 rings (SSSR count). The number of carbonyl (C=O) groups excluding carboxylic acids is 1. The van der Waals surface area contributed by atoms with E-state index in [1.165, 1.54) is 18.3 Å². The molecule has 27 heavy (non-hydrogen) atoms. The van der Waals surface area contributed by atoms with Gasteiger partial charge in [-0.15, -0.1) is 0 Å². The lowest BCUT2D eigenvalue weighted by atomic mass is 10.1. The lowest BCUT2D eigenvalue weighted by Crippen LogP contribution is -2.36. The summed E-state index contributed by atoms with van der Waals surface area (Å²) < 4.78 is 1.71. The normalized spacial score (nSPS) is 11.6. The Bertz CT molecular complexity index is 1020. The van der Waals surface area contributed by atoms with E-state index in [1.54, 1.807) is 29.1 Å². The molecule has 7 nitrogen and oxygen atoms in total. The van der Waals surface area contributed by atoms with Gasteiger partial charge in [-0.25, -0.2) is 0 Å². The third-order valence-electron chi connectivity index (χ3n) is 3.84. The molecular weight excluding hydrogens is 366 g/mol. The summed E-state index contributed by atoms with van der Waals surface area (Å²) in [6, 6.07) is 11.5. The van der Waals surface area contributed by atoms with E-state index in [0.717, 1.165) is 11.3 Å². The molecule has 0 spiro atoms. The first kappa shape index (κ1) is 18.4. The zero-order chi connectivity index (χ0) is 19.4. The van der Waals surface area contributed by atoms with Gasteiger partial charge in [0.1, 0.15) is 17.5 Å². The molecule has 8 heteroatoms. The van der Waals surface area contributed by atoms with E-state index in [1.807, 2.05) is 19.1 Å². The van der Waals surface area contributed by atoms with Crippen LogP contribution in [0.3, 0.4) is 0 Å². The van der Waals surface area contributed by atoms with E-state index in [0.29, 0.717) is 17.1 Å². The average Bonchev–Trinajstić information content (AvgIpc) is 3.09. The molecule has 136 valence electrons. The lowest BCUT2D eigenvalue weighted by Gasteiger charge is -2.13. The van der Waals surface area contributed by atoms with Crippen molar-refractivity contribution in [2.45, 2.75) is 19.5 Å². The van der Waals surface area contributed by atoms with Crippen molar-refractivity contribution < 1.29 is 9.90 Å². The fourth-order valence-electron chi connectivity index (χ4n) is 2.55. The van der Waals surface area contributed by atoms with Gasteiger partial charge in [0.2, 0.25) is 0 Å². The molecule has 2 heterocycles. The number of benzene rings is 1. The highest BCUT2D eigenvalue weighted by molar-refractivity contribution is 6.32. The van der Waals surface area contributed by atoms with Crippen molar-refractivity contribution >= 4 is 17.5 Å². The molecule has 0 saturated carbocycles. The summed E-state index contributed by atoms with van der Waals surface area (Å²) in [4.78, 5) is 16.1. The van der Waals surface area contributed by atoms with Crippen molar-refractivity contribution in [3.05, 3.63) is 65.1 Å². The Hall–Kier alpha value is -3.37. The first-order chi connectivity index (χ1) is 13.0. The van der Waals surface area contributed by atoms with Gasteiger partial charge in [-0.2, -0.15) is 10.4 Å². The van der Waals surface area contributed by atoms with Crippen LogP contribution in [0.5, 0.6) is 5.75 Å². The second kappa shape index (κ2) is 7.89. The summed E-state index contributed by atoms with van der Waals surface area (Å²) in [5, 5.41) is 26.1. The number of halogens is 1. The molecule has 1 atom stereocenters. The molecule has 3 aromatic rings. The molecule has 2 N–H and O–H groups in total. The second-order valence-electron chi connectivity index (χ2n) is 6.00. The van der Waals surface area contributed by atoms with E-state index in [4.69, 9.17) is 16.9 Å². The molecule has 0 fully saturated rings. The standard InChI is InChI=1S/C19H16ClN5O2/c1-12(23-19(27)18-9-15(26)4-6-22-18)11-25-7-5-17(24-25)13-2-3-14(10-21)16(20)8-13/h2-9,12H,11H2,1H3,(H,22,26)(H,23,27). The van der Waals surface area contributed by atoms with Gasteiger partial charge in [0.25, 0.3) is 5.91 Å². The highest BCUT2D eigenvalue weighted by Crippen LogP contribution is 2.24. The largest absolute Gasteiger partial charge is 0.508 e. The number of carbonyl (C=O) groups is 1. The average molecular weight is 382 g/mol. The van der Waals surface area contributed by atoms with E-state index < -0.39 is 0 Å². The van der Waals surface area contributed by atoms with Gasteiger partial charge in [0.15, 0.2) is 0 Å². The van der Waals surface area contributed by atoms with Crippen LogP contribution in [0, 0.1) is 11.3 Å². The summed E-state index contributed by atoms with van der Waals surface area (Å²) in [6.07, 6.45) is 3.17. The third-order valence-corrected chi connectivity index (χ3v) is 4.15. The number of hydrogen-bond donors (Lipinski definition) is 2. The molecule has 0 aliphatic carbocycles. The number of aromatic hydroxyl groups is 1. The van der Waals surface area contributed by atoms with Crippen molar-refractivity contribution in [3.8, 4) is 23.1 Å². The lowest BCUT2D eigenvalue weighted by molar-refractivity contribution is 0.0930. The number of rotatable bonds is 5. The minimum Gasteiger partial charge on any atom is -0.508 e. The fourth-order valence-corrected chi connectivity index (χ4v) is 2.77. The number of hydrogen-bond acceptors (Lipinski definition) is 5. The SMILES string of the molecule is CC(Cn1ccc(-c2ccc(C#N)c(Cl)c2)n1)NC(=O)c1cc(O)ccn1. The first-order valence-corrected chi connectivity index (χ1v) is 8.53. The van der Waals surface area contributed by atoms with E-state index in [-0.39, 0.29) is 23.4 Å². The number of amides is 1. The van der Waals surface area contributed by atoms with Gasteiger partial charge < -0.3 is 10.4 Å². The Morgan fingerprint density at radius 1 is 1.37 bits per heavy atom. The van der Waals surface area contributed by atoms with Crippen LogP contribution in [-0.4, -0.2) is 31.8 Å². The molecule has 1 amide bonds. The molecule has 0 radical (unpaired) electrons.